The summed E-state index contributed by atoms with van der Waals surface area (Å²) in [5.74, 6) is -1.45. The fourth-order valence-corrected chi connectivity index (χ4v) is 3.70. The molecule has 5 heteroatoms. The number of carbonyl (C=O) groups excluding carboxylic acids is 1. The first-order valence-electron chi connectivity index (χ1n) is 6.97. The van der Waals surface area contributed by atoms with Crippen LogP contribution in [0.4, 0.5) is 8.78 Å². The molecule has 1 amide bonds. The summed E-state index contributed by atoms with van der Waals surface area (Å²) in [5.41, 5.74) is 1.55. The Morgan fingerprint density at radius 2 is 2.00 bits per heavy atom. The molecule has 0 atom stereocenters. The number of hydrogen-bond donors (Lipinski definition) is 1. The van der Waals surface area contributed by atoms with E-state index in [-0.39, 0.29) is 18.0 Å². The molecule has 0 fully saturated rings. The van der Waals surface area contributed by atoms with Crippen molar-refractivity contribution in [2.75, 3.05) is 0 Å². The van der Waals surface area contributed by atoms with Crippen molar-refractivity contribution in [3.8, 4) is 0 Å². The van der Waals surface area contributed by atoms with Crippen LogP contribution in [0, 0.1) is 11.6 Å². The van der Waals surface area contributed by atoms with Crippen molar-refractivity contribution in [1.29, 1.82) is 0 Å². The normalized spacial score (nSPS) is 13.8. The molecule has 0 spiro atoms. The van der Waals surface area contributed by atoms with Gasteiger partial charge in [0, 0.05) is 23.1 Å². The number of carbonyl (C=O) groups is 1. The highest BCUT2D eigenvalue weighted by atomic mass is 32.1. The van der Waals surface area contributed by atoms with E-state index in [9.17, 15) is 13.6 Å². The molecule has 0 radical (unpaired) electrons. The van der Waals surface area contributed by atoms with Gasteiger partial charge in [-0.2, -0.15) is 0 Å². The van der Waals surface area contributed by atoms with Crippen LogP contribution < -0.4 is 5.32 Å². The highest BCUT2D eigenvalue weighted by molar-refractivity contribution is 7.14. The molecular formula is C16H15F2NOS. The molecule has 0 saturated heterocycles. The topological polar surface area (TPSA) is 29.1 Å². The highest BCUT2D eigenvalue weighted by Gasteiger charge is 2.17. The Balaban J connectivity index is 1.67. The predicted octanol–water partition coefficient (Wildman–Crippen LogP) is 3.84. The minimum absolute atomic E-state index is 0.0630. The largest absolute Gasteiger partial charge is 0.347 e. The van der Waals surface area contributed by atoms with Crippen molar-refractivity contribution in [2.24, 2.45) is 0 Å². The number of fused-ring (bicyclic) bond motifs is 1. The van der Waals surface area contributed by atoms with Crippen LogP contribution in [0.3, 0.4) is 0 Å². The second kappa shape index (κ2) is 5.93. The van der Waals surface area contributed by atoms with Crippen molar-refractivity contribution in [2.45, 2.75) is 32.2 Å². The van der Waals surface area contributed by atoms with Crippen molar-refractivity contribution >= 4 is 17.2 Å². The maximum Gasteiger partial charge on any atom is 0.261 e. The molecule has 21 heavy (non-hydrogen) atoms. The van der Waals surface area contributed by atoms with Gasteiger partial charge in [-0.1, -0.05) is 6.07 Å². The van der Waals surface area contributed by atoms with Crippen LogP contribution in [0.2, 0.25) is 0 Å². The van der Waals surface area contributed by atoms with Crippen molar-refractivity contribution in [1.82, 2.24) is 5.32 Å². The quantitative estimate of drug-likeness (QED) is 0.917. The second-order valence-corrected chi connectivity index (χ2v) is 6.32. The Labute approximate surface area is 125 Å². The van der Waals surface area contributed by atoms with Gasteiger partial charge in [-0.15, -0.1) is 11.3 Å². The standard InChI is InChI=1S/C16H15F2NOS/c17-12-6-5-11(13(18)8-12)9-19-16(20)15-7-10-3-1-2-4-14(10)21-15/h5-8H,1-4,9H2,(H,19,20). The highest BCUT2D eigenvalue weighted by Crippen LogP contribution is 2.29. The SMILES string of the molecule is O=C(NCc1ccc(F)cc1F)c1cc2c(s1)CCCC2. The van der Waals surface area contributed by atoms with E-state index in [0.29, 0.717) is 4.88 Å². The summed E-state index contributed by atoms with van der Waals surface area (Å²) in [5, 5.41) is 2.69. The molecule has 1 aromatic carbocycles. The van der Waals surface area contributed by atoms with Crippen LogP contribution in [0.15, 0.2) is 24.3 Å². The molecule has 110 valence electrons. The van der Waals surface area contributed by atoms with Gasteiger partial charge in [0.05, 0.1) is 4.88 Å². The third-order valence-electron chi connectivity index (χ3n) is 3.67. The summed E-state index contributed by atoms with van der Waals surface area (Å²) >= 11 is 1.52. The summed E-state index contributed by atoms with van der Waals surface area (Å²) in [6.07, 6.45) is 4.42. The monoisotopic (exact) mass is 307 g/mol. The number of aryl methyl sites for hydroxylation is 2. The number of thiophene rings is 1. The summed E-state index contributed by atoms with van der Waals surface area (Å²) in [6.45, 7) is 0.0630. The maximum absolute atomic E-state index is 13.5. The number of rotatable bonds is 3. The molecule has 3 rings (SSSR count). The van der Waals surface area contributed by atoms with Gasteiger partial charge in [0.15, 0.2) is 0 Å². The molecule has 2 aromatic rings. The average Bonchev–Trinajstić information content (AvgIpc) is 2.90. The molecule has 1 heterocycles. The van der Waals surface area contributed by atoms with E-state index in [2.05, 4.69) is 5.32 Å². The van der Waals surface area contributed by atoms with Gasteiger partial charge in [0.25, 0.3) is 5.91 Å². The van der Waals surface area contributed by atoms with Gasteiger partial charge in [-0.3, -0.25) is 4.79 Å². The summed E-state index contributed by atoms with van der Waals surface area (Å²) in [7, 11) is 0. The molecule has 0 saturated carbocycles. The first kappa shape index (κ1) is 14.2. The molecule has 0 bridgehead atoms. The zero-order chi connectivity index (χ0) is 14.8. The van der Waals surface area contributed by atoms with E-state index >= 15 is 0 Å². The van der Waals surface area contributed by atoms with Gasteiger partial charge in [0.2, 0.25) is 0 Å². The number of amides is 1. The lowest BCUT2D eigenvalue weighted by atomic mass is 9.99. The average molecular weight is 307 g/mol. The van der Waals surface area contributed by atoms with E-state index in [0.717, 1.165) is 18.9 Å². The molecule has 1 aromatic heterocycles. The Hall–Kier alpha value is -1.75. The van der Waals surface area contributed by atoms with Gasteiger partial charge < -0.3 is 5.32 Å². The molecule has 0 unspecified atom stereocenters. The molecule has 2 nitrogen and oxygen atoms in total. The molecule has 1 N–H and O–H groups in total. The van der Waals surface area contributed by atoms with E-state index < -0.39 is 11.6 Å². The number of benzene rings is 1. The minimum atomic E-state index is -0.638. The van der Waals surface area contributed by atoms with E-state index in [1.807, 2.05) is 6.07 Å². The molecule has 1 aliphatic rings. The zero-order valence-electron chi connectivity index (χ0n) is 11.4. The van der Waals surface area contributed by atoms with Crippen LogP contribution in [-0.2, 0) is 19.4 Å². The van der Waals surface area contributed by atoms with Gasteiger partial charge in [-0.25, -0.2) is 8.78 Å². The predicted molar refractivity (Wildman–Crippen MR) is 78.5 cm³/mol. The minimum Gasteiger partial charge on any atom is -0.347 e. The number of hydrogen-bond acceptors (Lipinski definition) is 2. The third kappa shape index (κ3) is 3.13. The van der Waals surface area contributed by atoms with Crippen molar-refractivity contribution in [3.63, 3.8) is 0 Å². The summed E-state index contributed by atoms with van der Waals surface area (Å²) in [4.78, 5) is 14.1. The summed E-state index contributed by atoms with van der Waals surface area (Å²) in [6, 6.07) is 5.31. The van der Waals surface area contributed by atoms with Crippen LogP contribution >= 0.6 is 11.3 Å². The van der Waals surface area contributed by atoms with Crippen molar-refractivity contribution < 1.29 is 13.6 Å². The fourth-order valence-electron chi connectivity index (χ4n) is 2.53. The van der Waals surface area contributed by atoms with Crippen LogP contribution in [0.25, 0.3) is 0 Å². The zero-order valence-corrected chi connectivity index (χ0v) is 12.2. The summed E-state index contributed by atoms with van der Waals surface area (Å²) < 4.78 is 26.3. The Morgan fingerprint density at radius 1 is 1.19 bits per heavy atom. The van der Waals surface area contributed by atoms with Crippen LogP contribution in [0.1, 0.15) is 38.5 Å². The lowest BCUT2D eigenvalue weighted by molar-refractivity contribution is 0.0954. The van der Waals surface area contributed by atoms with Gasteiger partial charge in [-0.05, 0) is 43.4 Å². The molecule has 0 aliphatic heterocycles. The lowest BCUT2D eigenvalue weighted by Crippen LogP contribution is -2.22. The third-order valence-corrected chi connectivity index (χ3v) is 4.91. The van der Waals surface area contributed by atoms with E-state index in [1.165, 1.54) is 46.8 Å². The Morgan fingerprint density at radius 3 is 2.76 bits per heavy atom. The van der Waals surface area contributed by atoms with Crippen LogP contribution in [-0.4, -0.2) is 5.91 Å². The van der Waals surface area contributed by atoms with Gasteiger partial charge >= 0.3 is 0 Å². The maximum atomic E-state index is 13.5. The van der Waals surface area contributed by atoms with Crippen molar-refractivity contribution in [3.05, 3.63) is 56.8 Å². The first-order chi connectivity index (χ1) is 10.1. The van der Waals surface area contributed by atoms with E-state index in [4.69, 9.17) is 0 Å². The van der Waals surface area contributed by atoms with E-state index in [1.54, 1.807) is 0 Å². The Kier molecular flexibility index (Phi) is 4.01. The number of nitrogens with one attached hydrogen (secondary N) is 1. The smallest absolute Gasteiger partial charge is 0.261 e. The first-order valence-corrected chi connectivity index (χ1v) is 7.79. The molecule has 1 aliphatic carbocycles. The van der Waals surface area contributed by atoms with Crippen LogP contribution in [0.5, 0.6) is 0 Å². The Bertz CT molecular complexity index is 657. The lowest BCUT2D eigenvalue weighted by Gasteiger charge is -2.08. The van der Waals surface area contributed by atoms with Gasteiger partial charge in [0.1, 0.15) is 11.6 Å². The fraction of sp³-hybridized carbons (Fsp3) is 0.312. The number of halogens is 2. The molecular weight excluding hydrogens is 292 g/mol. The second-order valence-electron chi connectivity index (χ2n) is 5.18.